The van der Waals surface area contributed by atoms with Gasteiger partial charge >= 0.3 is 0 Å². The minimum absolute atomic E-state index is 0.0252. The van der Waals surface area contributed by atoms with E-state index in [1.807, 2.05) is 18.2 Å². The van der Waals surface area contributed by atoms with E-state index < -0.39 is 11.8 Å². The largest absolute Gasteiger partial charge is 0.493 e. The summed E-state index contributed by atoms with van der Waals surface area (Å²) in [7, 11) is 3.15. The lowest BCUT2D eigenvalue weighted by molar-refractivity contribution is -0.151. The van der Waals surface area contributed by atoms with Crippen molar-refractivity contribution < 1.29 is 27.8 Å². The van der Waals surface area contributed by atoms with Crippen LogP contribution in [0.2, 0.25) is 0 Å². The van der Waals surface area contributed by atoms with Crippen molar-refractivity contribution in [3.63, 3.8) is 0 Å². The van der Waals surface area contributed by atoms with Crippen LogP contribution in [0.3, 0.4) is 0 Å². The van der Waals surface area contributed by atoms with E-state index in [-0.39, 0.29) is 30.9 Å². The van der Waals surface area contributed by atoms with Crippen LogP contribution in [-0.4, -0.2) is 38.2 Å². The lowest BCUT2D eigenvalue weighted by Crippen LogP contribution is -2.49. The van der Waals surface area contributed by atoms with Gasteiger partial charge in [0.15, 0.2) is 11.5 Å². The Kier molecular flexibility index (Phi) is 5.53. The Labute approximate surface area is 152 Å². The molecule has 1 aromatic rings. The first-order valence-corrected chi connectivity index (χ1v) is 8.97. The van der Waals surface area contributed by atoms with Crippen molar-refractivity contribution in [1.29, 1.82) is 0 Å². The molecule has 0 spiro atoms. The van der Waals surface area contributed by atoms with Crippen LogP contribution in [0.5, 0.6) is 17.2 Å². The molecule has 2 aliphatic carbocycles. The molecule has 0 aliphatic heterocycles. The Hall–Kier alpha value is -2.05. The van der Waals surface area contributed by atoms with Crippen molar-refractivity contribution in [2.45, 2.75) is 56.6 Å². The zero-order chi connectivity index (χ0) is 18.7. The number of halogens is 2. The average Bonchev–Trinajstić information content (AvgIpc) is 2.61. The standard InChI is InChI=1S/C19H25F2NO4/c1-24-15-4-3-5-16(17(15)25-2)26-14-8-6-13(7-9-14)22-18(23)12-10-19(20,21)11-12/h3-5,12-14H,6-11H2,1-2H3,(H,22,23). The minimum atomic E-state index is -2.66. The summed E-state index contributed by atoms with van der Waals surface area (Å²) in [5.74, 6) is -1.63. The number of benzene rings is 1. The molecule has 0 heterocycles. The minimum Gasteiger partial charge on any atom is -0.493 e. The van der Waals surface area contributed by atoms with Crippen molar-refractivity contribution in [1.82, 2.24) is 5.32 Å². The molecule has 0 aromatic heterocycles. The molecule has 2 aliphatic rings. The summed E-state index contributed by atoms with van der Waals surface area (Å²) < 4.78 is 42.5. The highest BCUT2D eigenvalue weighted by Gasteiger charge is 2.49. The summed E-state index contributed by atoms with van der Waals surface area (Å²) in [6.07, 6.45) is 2.48. The summed E-state index contributed by atoms with van der Waals surface area (Å²) in [5.41, 5.74) is 0. The van der Waals surface area contributed by atoms with Gasteiger partial charge < -0.3 is 19.5 Å². The maximum atomic E-state index is 12.9. The average molecular weight is 369 g/mol. The highest BCUT2D eigenvalue weighted by atomic mass is 19.3. The van der Waals surface area contributed by atoms with Gasteiger partial charge in [-0.2, -0.15) is 0 Å². The van der Waals surface area contributed by atoms with E-state index in [4.69, 9.17) is 14.2 Å². The van der Waals surface area contributed by atoms with Crippen LogP contribution in [0.15, 0.2) is 18.2 Å². The molecule has 0 unspecified atom stereocenters. The molecule has 2 fully saturated rings. The van der Waals surface area contributed by atoms with E-state index in [0.717, 1.165) is 25.7 Å². The van der Waals surface area contributed by atoms with Crippen LogP contribution in [0.25, 0.3) is 0 Å². The number of methoxy groups -OCH3 is 2. The van der Waals surface area contributed by atoms with E-state index in [1.54, 1.807) is 14.2 Å². The van der Waals surface area contributed by atoms with Crippen molar-refractivity contribution in [2.75, 3.05) is 14.2 Å². The second-order valence-electron chi connectivity index (χ2n) is 7.05. The Morgan fingerprint density at radius 2 is 1.73 bits per heavy atom. The van der Waals surface area contributed by atoms with E-state index in [2.05, 4.69) is 5.32 Å². The molecule has 2 saturated carbocycles. The number of carbonyl (C=O) groups is 1. The van der Waals surface area contributed by atoms with Gasteiger partial charge in [-0.15, -0.1) is 0 Å². The molecule has 1 amide bonds. The molecule has 0 radical (unpaired) electrons. The second kappa shape index (κ2) is 7.68. The van der Waals surface area contributed by atoms with Crippen LogP contribution in [0.1, 0.15) is 38.5 Å². The number of alkyl halides is 2. The smallest absolute Gasteiger partial charge is 0.249 e. The van der Waals surface area contributed by atoms with E-state index in [1.165, 1.54) is 0 Å². The van der Waals surface area contributed by atoms with Crippen molar-refractivity contribution in [2.24, 2.45) is 5.92 Å². The second-order valence-corrected chi connectivity index (χ2v) is 7.05. The summed E-state index contributed by atoms with van der Waals surface area (Å²) in [6.45, 7) is 0. The number of hydrogen-bond acceptors (Lipinski definition) is 4. The summed E-state index contributed by atoms with van der Waals surface area (Å²) >= 11 is 0. The van der Waals surface area contributed by atoms with Crippen molar-refractivity contribution in [3.8, 4) is 17.2 Å². The topological polar surface area (TPSA) is 56.8 Å². The lowest BCUT2D eigenvalue weighted by Gasteiger charge is -2.36. The number of hydrogen-bond donors (Lipinski definition) is 1. The Bertz CT molecular complexity index is 636. The first kappa shape index (κ1) is 18.7. The molecule has 7 heteroatoms. The number of nitrogens with one attached hydrogen (secondary N) is 1. The molecule has 26 heavy (non-hydrogen) atoms. The molecule has 0 bridgehead atoms. The predicted octanol–water partition coefficient (Wildman–Crippen LogP) is 3.56. The monoisotopic (exact) mass is 369 g/mol. The zero-order valence-corrected chi connectivity index (χ0v) is 15.1. The molecule has 5 nitrogen and oxygen atoms in total. The number of ether oxygens (including phenoxy) is 3. The van der Waals surface area contributed by atoms with Gasteiger partial charge in [0.1, 0.15) is 0 Å². The van der Waals surface area contributed by atoms with Gasteiger partial charge in [0, 0.05) is 24.8 Å². The van der Waals surface area contributed by atoms with E-state index >= 15 is 0 Å². The van der Waals surface area contributed by atoms with Gasteiger partial charge in [-0.25, -0.2) is 8.78 Å². The Balaban J connectivity index is 1.48. The fourth-order valence-electron chi connectivity index (χ4n) is 3.62. The van der Waals surface area contributed by atoms with Crippen LogP contribution in [0, 0.1) is 5.92 Å². The Morgan fingerprint density at radius 1 is 1.08 bits per heavy atom. The first-order valence-electron chi connectivity index (χ1n) is 8.97. The molecule has 3 rings (SSSR count). The quantitative estimate of drug-likeness (QED) is 0.833. The van der Waals surface area contributed by atoms with Gasteiger partial charge in [0.2, 0.25) is 17.6 Å². The number of para-hydroxylation sites is 1. The van der Waals surface area contributed by atoms with E-state index in [0.29, 0.717) is 17.2 Å². The first-order chi connectivity index (χ1) is 12.4. The normalized spacial score (nSPS) is 25.1. The zero-order valence-electron chi connectivity index (χ0n) is 15.1. The number of rotatable bonds is 6. The summed E-state index contributed by atoms with van der Waals surface area (Å²) in [5, 5.41) is 2.91. The van der Waals surface area contributed by atoms with Gasteiger partial charge in [-0.05, 0) is 37.8 Å². The third-order valence-corrected chi connectivity index (χ3v) is 5.14. The van der Waals surface area contributed by atoms with Gasteiger partial charge in [0.05, 0.1) is 20.3 Å². The van der Waals surface area contributed by atoms with Crippen LogP contribution < -0.4 is 19.5 Å². The lowest BCUT2D eigenvalue weighted by atomic mass is 9.80. The van der Waals surface area contributed by atoms with Crippen LogP contribution in [0.4, 0.5) is 8.78 Å². The molecule has 1 N–H and O–H groups in total. The number of carbonyl (C=O) groups excluding carboxylic acids is 1. The summed E-state index contributed by atoms with van der Waals surface area (Å²) in [6, 6.07) is 5.52. The predicted molar refractivity (Wildman–Crippen MR) is 92.0 cm³/mol. The maximum absolute atomic E-state index is 12.9. The summed E-state index contributed by atoms with van der Waals surface area (Å²) in [4.78, 5) is 12.0. The fourth-order valence-corrected chi connectivity index (χ4v) is 3.62. The van der Waals surface area contributed by atoms with Gasteiger partial charge in [0.25, 0.3) is 0 Å². The highest BCUT2D eigenvalue weighted by molar-refractivity contribution is 5.80. The molecular weight excluding hydrogens is 344 g/mol. The van der Waals surface area contributed by atoms with Crippen molar-refractivity contribution in [3.05, 3.63) is 18.2 Å². The third kappa shape index (κ3) is 4.19. The third-order valence-electron chi connectivity index (χ3n) is 5.14. The SMILES string of the molecule is COc1cccc(OC2CCC(NC(=O)C3CC(F)(F)C3)CC2)c1OC. The van der Waals surface area contributed by atoms with Crippen LogP contribution in [-0.2, 0) is 4.79 Å². The Morgan fingerprint density at radius 3 is 2.31 bits per heavy atom. The maximum Gasteiger partial charge on any atom is 0.249 e. The van der Waals surface area contributed by atoms with Gasteiger partial charge in [-0.3, -0.25) is 4.79 Å². The van der Waals surface area contributed by atoms with Crippen molar-refractivity contribution >= 4 is 5.91 Å². The highest BCUT2D eigenvalue weighted by Crippen LogP contribution is 2.42. The van der Waals surface area contributed by atoms with E-state index in [9.17, 15) is 13.6 Å². The molecule has 0 saturated heterocycles. The molecule has 144 valence electrons. The molecule has 0 atom stereocenters. The molecule has 1 aromatic carbocycles. The van der Waals surface area contributed by atoms with Crippen LogP contribution >= 0.6 is 0 Å². The van der Waals surface area contributed by atoms with Gasteiger partial charge in [-0.1, -0.05) is 6.07 Å². The fraction of sp³-hybridized carbons (Fsp3) is 0.632. The molecular formula is C19H25F2NO4. The number of amides is 1.